The molecule has 190 valence electrons. The van der Waals surface area contributed by atoms with Crippen molar-refractivity contribution in [1.29, 1.82) is 0 Å². The zero-order valence-electron chi connectivity index (χ0n) is 21.5. The highest BCUT2D eigenvalue weighted by Crippen LogP contribution is 2.33. The number of amides is 2. The third-order valence-corrected chi connectivity index (χ3v) is 6.30. The zero-order chi connectivity index (χ0) is 26.5. The lowest BCUT2D eigenvalue weighted by Gasteiger charge is -2.25. The number of hydrogen-bond donors (Lipinski definition) is 1. The molecule has 0 spiro atoms. The molecule has 1 aromatic heterocycles. The molecule has 4 aromatic rings. The van der Waals surface area contributed by atoms with E-state index in [9.17, 15) is 9.59 Å². The number of carbonyl (C=O) groups excluding carboxylic acids is 2. The van der Waals surface area contributed by atoms with Gasteiger partial charge in [0, 0.05) is 12.1 Å². The van der Waals surface area contributed by atoms with Crippen molar-refractivity contribution in [2.75, 3.05) is 18.4 Å². The van der Waals surface area contributed by atoms with Gasteiger partial charge in [0.25, 0.3) is 5.91 Å². The van der Waals surface area contributed by atoms with Gasteiger partial charge in [-0.05, 0) is 49.6 Å². The van der Waals surface area contributed by atoms with Gasteiger partial charge >= 0.3 is 0 Å². The van der Waals surface area contributed by atoms with Crippen molar-refractivity contribution in [3.8, 4) is 16.8 Å². The van der Waals surface area contributed by atoms with Gasteiger partial charge in [0.15, 0.2) is 0 Å². The second-order valence-electron chi connectivity index (χ2n) is 9.53. The molecule has 0 radical (unpaired) electrons. The molecule has 0 aliphatic carbocycles. The predicted octanol–water partition coefficient (Wildman–Crippen LogP) is 6.55. The van der Waals surface area contributed by atoms with Gasteiger partial charge in [-0.1, -0.05) is 85.6 Å². The third-order valence-electron chi connectivity index (χ3n) is 5.97. The molecule has 1 N–H and O–H groups in total. The Kier molecular flexibility index (Phi) is 8.09. The first kappa shape index (κ1) is 26.2. The van der Waals surface area contributed by atoms with Gasteiger partial charge < -0.3 is 10.2 Å². The number of benzene rings is 3. The van der Waals surface area contributed by atoms with Gasteiger partial charge in [0.05, 0.1) is 22.0 Å². The molecule has 6 nitrogen and oxygen atoms in total. The van der Waals surface area contributed by atoms with Crippen LogP contribution in [0.1, 0.15) is 35.5 Å². The molecule has 0 saturated heterocycles. The maximum atomic E-state index is 13.5. The second kappa shape index (κ2) is 11.4. The largest absolute Gasteiger partial charge is 0.329 e. The molecule has 0 aliphatic rings. The summed E-state index contributed by atoms with van der Waals surface area (Å²) < 4.78 is 1.75. The molecular weight excluding hydrogens is 484 g/mol. The Labute approximate surface area is 222 Å². The van der Waals surface area contributed by atoms with Gasteiger partial charge in [-0.25, -0.2) is 4.68 Å². The van der Waals surface area contributed by atoms with E-state index in [0.717, 1.165) is 28.1 Å². The van der Waals surface area contributed by atoms with E-state index >= 15 is 0 Å². The Morgan fingerprint density at radius 1 is 0.946 bits per heavy atom. The van der Waals surface area contributed by atoms with Crippen molar-refractivity contribution in [2.24, 2.45) is 5.92 Å². The summed E-state index contributed by atoms with van der Waals surface area (Å²) >= 11 is 6.30. The van der Waals surface area contributed by atoms with E-state index in [0.29, 0.717) is 22.9 Å². The summed E-state index contributed by atoms with van der Waals surface area (Å²) in [6, 6.07) is 24.7. The average molecular weight is 515 g/mol. The number of aromatic nitrogens is 2. The fourth-order valence-corrected chi connectivity index (χ4v) is 4.49. The fourth-order valence-electron chi connectivity index (χ4n) is 4.28. The van der Waals surface area contributed by atoms with Gasteiger partial charge in [-0.15, -0.1) is 0 Å². The van der Waals surface area contributed by atoms with Crippen molar-refractivity contribution in [2.45, 2.75) is 27.7 Å². The molecule has 2 amide bonds. The molecule has 7 heteroatoms. The highest BCUT2D eigenvalue weighted by molar-refractivity contribution is 6.33. The van der Waals surface area contributed by atoms with E-state index in [-0.39, 0.29) is 24.3 Å². The average Bonchev–Trinajstić information content (AvgIpc) is 3.19. The minimum absolute atomic E-state index is 0.116. The van der Waals surface area contributed by atoms with Crippen LogP contribution in [0.3, 0.4) is 0 Å². The highest BCUT2D eigenvalue weighted by atomic mass is 35.5. The van der Waals surface area contributed by atoms with E-state index in [4.69, 9.17) is 16.7 Å². The number of anilines is 1. The molecule has 37 heavy (non-hydrogen) atoms. The smallest absolute Gasteiger partial charge is 0.255 e. The maximum absolute atomic E-state index is 13.5. The van der Waals surface area contributed by atoms with Crippen molar-refractivity contribution < 1.29 is 9.59 Å². The number of carbonyl (C=O) groups is 2. The molecule has 1 heterocycles. The summed E-state index contributed by atoms with van der Waals surface area (Å²) in [4.78, 5) is 28.4. The van der Waals surface area contributed by atoms with Crippen LogP contribution in [0.25, 0.3) is 16.8 Å². The summed E-state index contributed by atoms with van der Waals surface area (Å²) in [6.07, 6.45) is 0. The number of halogens is 1. The van der Waals surface area contributed by atoms with Gasteiger partial charge in [-0.3, -0.25) is 9.59 Å². The van der Waals surface area contributed by atoms with Crippen LogP contribution in [0.15, 0.2) is 78.9 Å². The first-order valence-electron chi connectivity index (χ1n) is 12.3. The number of nitrogens with one attached hydrogen (secondary N) is 1. The van der Waals surface area contributed by atoms with Crippen molar-refractivity contribution in [3.05, 3.63) is 101 Å². The molecule has 0 atom stereocenters. The fraction of sp³-hybridized carbons (Fsp3) is 0.233. The Morgan fingerprint density at radius 3 is 2.24 bits per heavy atom. The Balaban J connectivity index is 1.69. The van der Waals surface area contributed by atoms with Crippen LogP contribution in [-0.2, 0) is 4.79 Å². The van der Waals surface area contributed by atoms with E-state index in [1.54, 1.807) is 33.8 Å². The van der Waals surface area contributed by atoms with Crippen LogP contribution >= 0.6 is 11.6 Å². The number of nitrogens with zero attached hydrogens (tertiary/aromatic N) is 3. The van der Waals surface area contributed by atoms with Crippen molar-refractivity contribution >= 4 is 29.2 Å². The zero-order valence-corrected chi connectivity index (χ0v) is 22.3. The summed E-state index contributed by atoms with van der Waals surface area (Å²) in [7, 11) is 0. The standard InChI is InChI=1S/C30H31ClN4O2/c1-20(2)18-34(30(37)25-12-8-9-13-26(25)31)19-27(36)32-29-28(23-10-6-5-7-11-23)22(4)33-35(29)24-16-14-21(3)15-17-24/h5-17,20H,18-19H2,1-4H3,(H,32,36). The molecule has 0 bridgehead atoms. The van der Waals surface area contributed by atoms with Crippen molar-refractivity contribution in [1.82, 2.24) is 14.7 Å². The Bertz CT molecular complexity index is 1400. The van der Waals surface area contributed by atoms with Crippen LogP contribution in [0, 0.1) is 19.8 Å². The van der Waals surface area contributed by atoms with Gasteiger partial charge in [0.1, 0.15) is 12.4 Å². The molecule has 0 fully saturated rings. The van der Waals surface area contributed by atoms with Crippen LogP contribution in [0.5, 0.6) is 0 Å². The first-order chi connectivity index (χ1) is 17.7. The first-order valence-corrected chi connectivity index (χ1v) is 12.7. The van der Waals surface area contributed by atoms with Gasteiger partial charge in [-0.2, -0.15) is 5.10 Å². The topological polar surface area (TPSA) is 67.2 Å². The minimum atomic E-state index is -0.313. The summed E-state index contributed by atoms with van der Waals surface area (Å²) in [5, 5.41) is 8.20. The second-order valence-corrected chi connectivity index (χ2v) is 9.94. The van der Waals surface area contributed by atoms with Crippen molar-refractivity contribution in [3.63, 3.8) is 0 Å². The Morgan fingerprint density at radius 2 is 1.59 bits per heavy atom. The molecule has 0 unspecified atom stereocenters. The molecule has 3 aromatic carbocycles. The highest BCUT2D eigenvalue weighted by Gasteiger charge is 2.24. The van der Waals surface area contributed by atoms with Crippen LogP contribution in [0.2, 0.25) is 5.02 Å². The lowest BCUT2D eigenvalue weighted by molar-refractivity contribution is -0.117. The van der Waals surface area contributed by atoms with E-state index in [1.807, 2.05) is 82.3 Å². The summed E-state index contributed by atoms with van der Waals surface area (Å²) in [5.74, 6) is 0.138. The van der Waals surface area contributed by atoms with E-state index < -0.39 is 0 Å². The number of rotatable bonds is 8. The number of hydrogen-bond acceptors (Lipinski definition) is 3. The van der Waals surface area contributed by atoms with E-state index in [1.165, 1.54) is 0 Å². The Hall–Kier alpha value is -3.90. The lowest BCUT2D eigenvalue weighted by Crippen LogP contribution is -2.40. The van der Waals surface area contributed by atoms with Crippen LogP contribution < -0.4 is 5.32 Å². The van der Waals surface area contributed by atoms with Crippen LogP contribution in [-0.4, -0.2) is 39.6 Å². The molecule has 0 saturated carbocycles. The maximum Gasteiger partial charge on any atom is 0.255 e. The summed E-state index contributed by atoms with van der Waals surface area (Å²) in [5.41, 5.74) is 4.90. The van der Waals surface area contributed by atoms with E-state index in [2.05, 4.69) is 5.32 Å². The molecule has 4 rings (SSSR count). The lowest BCUT2D eigenvalue weighted by atomic mass is 10.1. The minimum Gasteiger partial charge on any atom is -0.329 e. The number of aryl methyl sites for hydroxylation is 2. The third kappa shape index (κ3) is 6.09. The van der Waals surface area contributed by atoms with Crippen LogP contribution in [0.4, 0.5) is 5.82 Å². The quantitative estimate of drug-likeness (QED) is 0.290. The predicted molar refractivity (Wildman–Crippen MR) is 149 cm³/mol. The summed E-state index contributed by atoms with van der Waals surface area (Å²) in [6.45, 7) is 8.26. The molecular formula is C30H31ClN4O2. The van der Waals surface area contributed by atoms with Gasteiger partial charge in [0.2, 0.25) is 5.91 Å². The SMILES string of the molecule is Cc1ccc(-n2nc(C)c(-c3ccccc3)c2NC(=O)CN(CC(C)C)C(=O)c2ccccc2Cl)cc1. The monoisotopic (exact) mass is 514 g/mol. The molecule has 0 aliphatic heterocycles. The normalized spacial score (nSPS) is 11.0.